The van der Waals surface area contributed by atoms with Gasteiger partial charge in [0.1, 0.15) is 0 Å². The summed E-state index contributed by atoms with van der Waals surface area (Å²) in [6, 6.07) is 0. The Hall–Kier alpha value is -0.910. The molecule has 3 N–H and O–H groups in total. The number of carbonyl (C=O) groups excluding carboxylic acids is 1. The largest absolute Gasteiger partial charge is 0.408 e. The number of unbranched alkanes of at least 4 members (excludes halogenated alkanes) is 11. The van der Waals surface area contributed by atoms with E-state index in [0.717, 1.165) is 32.1 Å². The number of carbonyl (C=O) groups is 1. The van der Waals surface area contributed by atoms with Crippen molar-refractivity contribution in [2.24, 2.45) is 5.92 Å². The first-order chi connectivity index (χ1) is 14.8. The molecule has 0 aliphatic rings. The summed E-state index contributed by atoms with van der Waals surface area (Å²) in [4.78, 5) is 11.8. The molecule has 0 aromatic carbocycles. The van der Waals surface area contributed by atoms with Crippen molar-refractivity contribution in [3.8, 4) is 0 Å². The first kappa shape index (κ1) is 30.1. The van der Waals surface area contributed by atoms with Gasteiger partial charge in [-0.05, 0) is 44.4 Å². The third-order valence-electron chi connectivity index (χ3n) is 5.99. The highest BCUT2D eigenvalue weighted by atomic mass is 16.8. The highest BCUT2D eigenvalue weighted by Crippen LogP contribution is 2.19. The predicted octanol–water partition coefficient (Wildman–Crippen LogP) is 6.39. The van der Waals surface area contributed by atoms with Crippen molar-refractivity contribution in [1.29, 1.82) is 0 Å². The molecule has 0 radical (unpaired) electrons. The van der Waals surface area contributed by atoms with Gasteiger partial charge >= 0.3 is 11.9 Å². The monoisotopic (exact) mass is 442 g/mol. The molecule has 0 aromatic rings. The number of rotatable bonds is 21. The lowest BCUT2D eigenvalue weighted by molar-refractivity contribution is -0.324. The van der Waals surface area contributed by atoms with E-state index in [2.05, 4.69) is 19.1 Å². The lowest BCUT2D eigenvalue weighted by atomic mass is 9.97. The van der Waals surface area contributed by atoms with Gasteiger partial charge in [-0.25, -0.2) is 0 Å². The van der Waals surface area contributed by atoms with Crippen LogP contribution in [0.15, 0.2) is 12.2 Å². The van der Waals surface area contributed by atoms with E-state index in [9.17, 15) is 20.1 Å². The smallest absolute Gasteiger partial charge is 0.324 e. The molecule has 0 rings (SSSR count). The Bertz CT molecular complexity index is 447. The van der Waals surface area contributed by atoms with Crippen LogP contribution in [0.5, 0.6) is 0 Å². The van der Waals surface area contributed by atoms with E-state index in [4.69, 9.17) is 4.74 Å². The van der Waals surface area contributed by atoms with Crippen molar-refractivity contribution >= 4 is 5.97 Å². The fraction of sp³-hybridized carbons (Fsp3) is 0.885. The molecule has 0 aliphatic heterocycles. The van der Waals surface area contributed by atoms with Crippen LogP contribution in [0.2, 0.25) is 0 Å². The second kappa shape index (κ2) is 19.8. The molecule has 0 aromatic heterocycles. The van der Waals surface area contributed by atoms with E-state index in [1.165, 1.54) is 51.4 Å². The Morgan fingerprint density at radius 3 is 1.94 bits per heavy atom. The van der Waals surface area contributed by atoms with Gasteiger partial charge in [0.25, 0.3) is 0 Å². The van der Waals surface area contributed by atoms with Gasteiger partial charge in [0.2, 0.25) is 0 Å². The van der Waals surface area contributed by atoms with Crippen molar-refractivity contribution in [2.45, 2.75) is 142 Å². The molecular formula is C26H50O5. The molecule has 5 heteroatoms. The van der Waals surface area contributed by atoms with Crippen molar-refractivity contribution in [3.05, 3.63) is 12.2 Å². The summed E-state index contributed by atoms with van der Waals surface area (Å²) in [7, 11) is 0. The van der Waals surface area contributed by atoms with Gasteiger partial charge in [0.15, 0.2) is 0 Å². The lowest BCUT2D eigenvalue weighted by Crippen LogP contribution is -2.36. The van der Waals surface area contributed by atoms with Crippen molar-refractivity contribution in [1.82, 2.24) is 0 Å². The number of hydrogen-bond acceptors (Lipinski definition) is 5. The number of allylic oxidation sites excluding steroid dienone is 2. The van der Waals surface area contributed by atoms with Gasteiger partial charge in [-0.1, -0.05) is 90.7 Å². The minimum atomic E-state index is -2.49. The summed E-state index contributed by atoms with van der Waals surface area (Å²) in [6.07, 6.45) is 20.4. The van der Waals surface area contributed by atoms with E-state index < -0.39 is 18.0 Å². The molecule has 0 heterocycles. The summed E-state index contributed by atoms with van der Waals surface area (Å²) in [6.45, 7) is 6.12. The Labute approximate surface area is 191 Å². The normalized spacial score (nSPS) is 14.1. The maximum Gasteiger partial charge on any atom is 0.324 e. The Morgan fingerprint density at radius 2 is 1.39 bits per heavy atom. The number of hydrogen-bond donors (Lipinski definition) is 3. The van der Waals surface area contributed by atoms with Crippen LogP contribution in [0.3, 0.4) is 0 Å². The molecule has 0 saturated heterocycles. The molecule has 0 amide bonds. The summed E-state index contributed by atoms with van der Waals surface area (Å²) >= 11 is 0. The predicted molar refractivity (Wildman–Crippen MR) is 127 cm³/mol. The molecule has 0 saturated carbocycles. The molecule has 31 heavy (non-hydrogen) atoms. The Morgan fingerprint density at radius 1 is 0.871 bits per heavy atom. The summed E-state index contributed by atoms with van der Waals surface area (Å²) in [5.41, 5.74) is 0. The van der Waals surface area contributed by atoms with Crippen LogP contribution >= 0.6 is 0 Å². The van der Waals surface area contributed by atoms with E-state index >= 15 is 0 Å². The molecule has 0 aliphatic carbocycles. The van der Waals surface area contributed by atoms with Crippen LogP contribution in [0, 0.1) is 5.92 Å². The molecule has 0 fully saturated rings. The van der Waals surface area contributed by atoms with Gasteiger partial charge in [0.05, 0.1) is 6.10 Å². The van der Waals surface area contributed by atoms with Crippen LogP contribution in [0.4, 0.5) is 0 Å². The van der Waals surface area contributed by atoms with E-state index in [-0.39, 0.29) is 25.2 Å². The highest BCUT2D eigenvalue weighted by molar-refractivity contribution is 5.69. The quantitative estimate of drug-likeness (QED) is 0.0829. The number of ether oxygens (including phenoxy) is 1. The maximum absolute atomic E-state index is 11.8. The fourth-order valence-electron chi connectivity index (χ4n) is 3.52. The average molecular weight is 443 g/mol. The van der Waals surface area contributed by atoms with Crippen LogP contribution in [0.1, 0.15) is 130 Å². The molecule has 0 bridgehead atoms. The first-order valence-corrected chi connectivity index (χ1v) is 12.8. The molecular weight excluding hydrogens is 392 g/mol. The van der Waals surface area contributed by atoms with Crippen LogP contribution < -0.4 is 0 Å². The third-order valence-corrected chi connectivity index (χ3v) is 5.99. The van der Waals surface area contributed by atoms with Gasteiger partial charge < -0.3 is 20.1 Å². The van der Waals surface area contributed by atoms with Crippen molar-refractivity contribution in [2.75, 3.05) is 0 Å². The maximum atomic E-state index is 11.8. The third kappa shape index (κ3) is 19.5. The zero-order chi connectivity index (χ0) is 23.4. The Balaban J connectivity index is 3.59. The van der Waals surface area contributed by atoms with Crippen LogP contribution in [-0.2, 0) is 9.53 Å². The van der Waals surface area contributed by atoms with Gasteiger partial charge in [0, 0.05) is 12.8 Å². The molecule has 5 nitrogen and oxygen atoms in total. The van der Waals surface area contributed by atoms with Crippen LogP contribution in [-0.4, -0.2) is 33.4 Å². The van der Waals surface area contributed by atoms with Crippen molar-refractivity contribution < 1.29 is 24.9 Å². The van der Waals surface area contributed by atoms with E-state index in [0.29, 0.717) is 6.42 Å². The first-order valence-electron chi connectivity index (χ1n) is 12.8. The summed E-state index contributed by atoms with van der Waals surface area (Å²) in [5, 5.41) is 29.5. The SMILES string of the molecule is CCCCCCCC/C=C\CCCCCCCC(=O)OC(O)(O)CCC(O)C(C)CC. The fourth-order valence-corrected chi connectivity index (χ4v) is 3.52. The second-order valence-electron chi connectivity index (χ2n) is 9.04. The number of aliphatic hydroxyl groups is 3. The van der Waals surface area contributed by atoms with Gasteiger partial charge in [-0.2, -0.15) is 0 Å². The molecule has 2 unspecified atom stereocenters. The number of esters is 1. The minimum Gasteiger partial charge on any atom is -0.408 e. The van der Waals surface area contributed by atoms with E-state index in [1.54, 1.807) is 0 Å². The Kier molecular flexibility index (Phi) is 19.2. The summed E-state index contributed by atoms with van der Waals surface area (Å²) < 4.78 is 4.77. The minimum absolute atomic E-state index is 0.0716. The van der Waals surface area contributed by atoms with Gasteiger partial charge in [-0.15, -0.1) is 0 Å². The highest BCUT2D eigenvalue weighted by Gasteiger charge is 2.29. The lowest BCUT2D eigenvalue weighted by Gasteiger charge is -2.24. The average Bonchev–Trinajstić information content (AvgIpc) is 2.73. The van der Waals surface area contributed by atoms with Crippen LogP contribution in [0.25, 0.3) is 0 Å². The topological polar surface area (TPSA) is 87.0 Å². The zero-order valence-corrected chi connectivity index (χ0v) is 20.5. The summed E-state index contributed by atoms with van der Waals surface area (Å²) in [5.74, 6) is -3.02. The van der Waals surface area contributed by atoms with Gasteiger partial charge in [-0.3, -0.25) is 4.79 Å². The zero-order valence-electron chi connectivity index (χ0n) is 20.5. The molecule has 184 valence electrons. The second-order valence-corrected chi connectivity index (χ2v) is 9.04. The van der Waals surface area contributed by atoms with E-state index in [1.807, 2.05) is 13.8 Å². The molecule has 0 spiro atoms. The standard InChI is InChI=1S/C26H50O5/c1-4-6-7-8-9-10-11-12-13-14-15-16-17-18-19-20-25(28)31-26(29,30)22-21-24(27)23(3)5-2/h12-13,23-24,27,29-30H,4-11,14-22H2,1-3H3/b13-12-. The molecule has 2 atom stereocenters. The number of aliphatic hydroxyl groups excluding tert-OH is 1. The van der Waals surface area contributed by atoms with Crippen molar-refractivity contribution in [3.63, 3.8) is 0 Å².